The lowest BCUT2D eigenvalue weighted by Gasteiger charge is -2.24. The van der Waals surface area contributed by atoms with E-state index in [1.165, 1.54) is 5.56 Å². The highest BCUT2D eigenvalue weighted by Gasteiger charge is 2.25. The van der Waals surface area contributed by atoms with Gasteiger partial charge in [0, 0.05) is 37.1 Å². The number of nitrogens with one attached hydrogen (secondary N) is 1. The van der Waals surface area contributed by atoms with Crippen molar-refractivity contribution in [3.05, 3.63) is 108 Å². The van der Waals surface area contributed by atoms with Crippen LogP contribution in [-0.2, 0) is 13.1 Å². The van der Waals surface area contributed by atoms with Crippen LogP contribution in [0.4, 0.5) is 5.69 Å². The molecule has 0 aliphatic carbocycles. The maximum Gasteiger partial charge on any atom is 0.254 e. The molecule has 1 aliphatic heterocycles. The number of imidazole rings is 1. The first kappa shape index (κ1) is 20.1. The number of fused-ring (bicyclic) bond motifs is 1. The second kappa shape index (κ2) is 8.71. The Morgan fingerprint density at radius 1 is 0.969 bits per heavy atom. The summed E-state index contributed by atoms with van der Waals surface area (Å²) < 4.78 is 0. The van der Waals surface area contributed by atoms with Crippen molar-refractivity contribution in [1.29, 1.82) is 0 Å². The number of aromatic amines is 1. The van der Waals surface area contributed by atoms with Crippen molar-refractivity contribution in [3.8, 4) is 11.1 Å². The van der Waals surface area contributed by atoms with Crippen molar-refractivity contribution in [1.82, 2.24) is 14.9 Å². The monoisotopic (exact) mass is 422 g/mol. The van der Waals surface area contributed by atoms with Gasteiger partial charge in [-0.15, -0.1) is 0 Å². The topological polar surface area (TPSA) is 52.2 Å². The van der Waals surface area contributed by atoms with Crippen LogP contribution < -0.4 is 4.90 Å². The summed E-state index contributed by atoms with van der Waals surface area (Å²) in [5.74, 6) is 0.0754. The summed E-state index contributed by atoms with van der Waals surface area (Å²) in [6.45, 7) is 4.72. The molecule has 1 amide bonds. The quantitative estimate of drug-likeness (QED) is 0.501. The fraction of sp³-hybridized carbons (Fsp3) is 0.185. The molecule has 0 radical (unpaired) electrons. The van der Waals surface area contributed by atoms with E-state index in [-0.39, 0.29) is 5.91 Å². The number of aromatic nitrogens is 2. The van der Waals surface area contributed by atoms with Gasteiger partial charge >= 0.3 is 0 Å². The van der Waals surface area contributed by atoms with Gasteiger partial charge < -0.3 is 14.8 Å². The zero-order valence-electron chi connectivity index (χ0n) is 18.2. The van der Waals surface area contributed by atoms with Crippen LogP contribution in [0.3, 0.4) is 0 Å². The van der Waals surface area contributed by atoms with Crippen molar-refractivity contribution >= 4 is 11.6 Å². The molecule has 1 aliphatic rings. The van der Waals surface area contributed by atoms with Crippen molar-refractivity contribution in [2.24, 2.45) is 0 Å². The highest BCUT2D eigenvalue weighted by Crippen LogP contribution is 2.31. The lowest BCUT2D eigenvalue weighted by Crippen LogP contribution is -2.35. The lowest BCUT2D eigenvalue weighted by molar-refractivity contribution is 0.0751. The minimum Gasteiger partial charge on any atom is -0.364 e. The molecule has 0 atom stereocenters. The second-order valence-electron chi connectivity index (χ2n) is 8.29. The average molecular weight is 423 g/mol. The van der Waals surface area contributed by atoms with Crippen molar-refractivity contribution in [2.45, 2.75) is 20.0 Å². The number of hydrogen-bond donors (Lipinski definition) is 1. The molecule has 160 valence electrons. The van der Waals surface area contributed by atoms with E-state index in [0.29, 0.717) is 19.6 Å². The molecule has 0 fully saturated rings. The van der Waals surface area contributed by atoms with Gasteiger partial charge in [0.15, 0.2) is 0 Å². The number of anilines is 1. The zero-order valence-corrected chi connectivity index (χ0v) is 18.2. The Hall–Kier alpha value is -3.86. The number of amides is 1. The standard InChI is InChI=1S/C27H26N4O/c1-20-6-5-9-23(14-20)27(32)31-13-12-30(18-25-16-28-19-29-25)26-11-10-22(15-24(26)17-31)21-7-3-2-4-8-21/h2-11,14-16,19H,12-13,17-18H2,1H3,(H,28,29). The molecule has 0 saturated heterocycles. The normalized spacial score (nSPS) is 13.5. The predicted molar refractivity (Wildman–Crippen MR) is 127 cm³/mol. The molecule has 0 unspecified atom stereocenters. The summed E-state index contributed by atoms with van der Waals surface area (Å²) in [6.07, 6.45) is 3.64. The fourth-order valence-corrected chi connectivity index (χ4v) is 4.35. The highest BCUT2D eigenvalue weighted by atomic mass is 16.2. The molecule has 1 aromatic heterocycles. The van der Waals surface area contributed by atoms with Crippen LogP contribution in [0.1, 0.15) is 27.2 Å². The molecule has 3 aromatic carbocycles. The number of nitrogens with zero attached hydrogens (tertiary/aromatic N) is 3. The fourth-order valence-electron chi connectivity index (χ4n) is 4.35. The van der Waals surface area contributed by atoms with E-state index in [0.717, 1.165) is 40.2 Å². The van der Waals surface area contributed by atoms with Crippen molar-refractivity contribution in [2.75, 3.05) is 18.0 Å². The molecule has 5 nitrogen and oxygen atoms in total. The van der Waals surface area contributed by atoms with Gasteiger partial charge in [-0.3, -0.25) is 4.79 Å². The van der Waals surface area contributed by atoms with Crippen LogP contribution in [0, 0.1) is 6.92 Å². The SMILES string of the molecule is Cc1cccc(C(=O)N2CCN(Cc3c[nH]cn3)c3ccc(-c4ccccc4)cc3C2)c1. The maximum absolute atomic E-state index is 13.4. The number of carbonyl (C=O) groups is 1. The van der Waals surface area contributed by atoms with Gasteiger partial charge in [-0.1, -0.05) is 54.1 Å². The van der Waals surface area contributed by atoms with Crippen LogP contribution in [-0.4, -0.2) is 33.9 Å². The zero-order chi connectivity index (χ0) is 21.9. The number of rotatable bonds is 4. The third kappa shape index (κ3) is 4.14. The summed E-state index contributed by atoms with van der Waals surface area (Å²) in [6, 6.07) is 24.8. The van der Waals surface area contributed by atoms with Gasteiger partial charge in [-0.25, -0.2) is 4.98 Å². The predicted octanol–water partition coefficient (Wildman–Crippen LogP) is 5.05. The van der Waals surface area contributed by atoms with Crippen LogP contribution in [0.25, 0.3) is 11.1 Å². The number of H-pyrrole nitrogens is 1. The van der Waals surface area contributed by atoms with Gasteiger partial charge in [0.05, 0.1) is 18.6 Å². The lowest BCUT2D eigenvalue weighted by atomic mass is 10.0. The minimum absolute atomic E-state index is 0.0754. The number of aryl methyl sites for hydroxylation is 1. The number of benzene rings is 3. The molecule has 5 heteroatoms. The molecule has 32 heavy (non-hydrogen) atoms. The molecular weight excluding hydrogens is 396 g/mol. The van der Waals surface area contributed by atoms with Gasteiger partial charge in [0.1, 0.15) is 0 Å². The summed E-state index contributed by atoms with van der Waals surface area (Å²) in [5, 5.41) is 0. The van der Waals surface area contributed by atoms with Gasteiger partial charge in [0.25, 0.3) is 5.91 Å². The van der Waals surface area contributed by atoms with E-state index >= 15 is 0 Å². The maximum atomic E-state index is 13.4. The van der Waals surface area contributed by atoms with Crippen LogP contribution in [0.2, 0.25) is 0 Å². The number of hydrogen-bond acceptors (Lipinski definition) is 3. The highest BCUT2D eigenvalue weighted by molar-refractivity contribution is 5.94. The minimum atomic E-state index is 0.0754. The molecule has 0 bridgehead atoms. The van der Waals surface area contributed by atoms with Gasteiger partial charge in [0.2, 0.25) is 0 Å². The van der Waals surface area contributed by atoms with E-state index in [4.69, 9.17) is 0 Å². The van der Waals surface area contributed by atoms with Crippen LogP contribution >= 0.6 is 0 Å². The Morgan fingerprint density at radius 2 is 1.84 bits per heavy atom. The molecule has 4 aromatic rings. The summed E-state index contributed by atoms with van der Waals surface area (Å²) in [4.78, 5) is 25.1. The van der Waals surface area contributed by atoms with Crippen molar-refractivity contribution in [3.63, 3.8) is 0 Å². The van der Waals surface area contributed by atoms with Crippen LogP contribution in [0.5, 0.6) is 0 Å². The Bertz CT molecular complexity index is 1220. The Balaban J connectivity index is 1.51. The van der Waals surface area contributed by atoms with E-state index < -0.39 is 0 Å². The largest absolute Gasteiger partial charge is 0.364 e. The molecule has 0 spiro atoms. The Kier molecular flexibility index (Phi) is 5.46. The smallest absolute Gasteiger partial charge is 0.254 e. The molecule has 0 saturated carbocycles. The molecule has 5 rings (SSSR count). The summed E-state index contributed by atoms with van der Waals surface area (Å²) >= 11 is 0. The van der Waals surface area contributed by atoms with E-state index in [1.54, 1.807) is 6.33 Å². The molecular formula is C27H26N4O. The third-order valence-corrected chi connectivity index (χ3v) is 5.99. The van der Waals surface area contributed by atoms with E-state index in [9.17, 15) is 4.79 Å². The first-order valence-corrected chi connectivity index (χ1v) is 10.9. The van der Waals surface area contributed by atoms with E-state index in [1.807, 2.05) is 48.4 Å². The van der Waals surface area contributed by atoms with Gasteiger partial charge in [-0.05, 0) is 47.9 Å². The second-order valence-corrected chi connectivity index (χ2v) is 8.29. The first-order valence-electron chi connectivity index (χ1n) is 10.9. The molecule has 1 N–H and O–H groups in total. The summed E-state index contributed by atoms with van der Waals surface area (Å²) in [7, 11) is 0. The summed E-state index contributed by atoms with van der Waals surface area (Å²) in [5.41, 5.74) is 7.47. The Labute approximate surface area is 188 Å². The van der Waals surface area contributed by atoms with Crippen molar-refractivity contribution < 1.29 is 4.79 Å². The van der Waals surface area contributed by atoms with E-state index in [2.05, 4.69) is 57.3 Å². The first-order chi connectivity index (χ1) is 15.7. The average Bonchev–Trinajstić information content (AvgIpc) is 3.27. The number of carbonyl (C=O) groups excluding carboxylic acids is 1. The third-order valence-electron chi connectivity index (χ3n) is 5.99. The van der Waals surface area contributed by atoms with Crippen LogP contribution in [0.15, 0.2) is 85.3 Å². The Morgan fingerprint density at radius 3 is 2.62 bits per heavy atom. The van der Waals surface area contributed by atoms with Gasteiger partial charge in [-0.2, -0.15) is 0 Å². The molecule has 2 heterocycles.